The Labute approximate surface area is 224 Å². The van der Waals surface area contributed by atoms with Crippen LogP contribution in [0.1, 0.15) is 58.9 Å². The van der Waals surface area contributed by atoms with Crippen molar-refractivity contribution in [2.75, 3.05) is 6.61 Å². The zero-order chi connectivity index (χ0) is 27.7. The number of fused-ring (bicyclic) bond motifs is 5. The summed E-state index contributed by atoms with van der Waals surface area (Å²) in [5.41, 5.74) is 3.99. The van der Waals surface area contributed by atoms with E-state index < -0.39 is 39.8 Å². The molecule has 2 saturated carbocycles. The van der Waals surface area contributed by atoms with E-state index in [9.17, 15) is 24.9 Å². The van der Waals surface area contributed by atoms with Crippen LogP contribution in [0.2, 0.25) is 0 Å². The highest BCUT2D eigenvalue weighted by Gasteiger charge is 2.83. The quantitative estimate of drug-likeness (QED) is 0.319. The zero-order valence-electron chi connectivity index (χ0n) is 22.8. The molecule has 206 valence electrons. The third kappa shape index (κ3) is 3.85. The molecule has 0 amide bonds. The largest absolute Gasteiger partial charge is 0.458 e. The maximum absolute atomic E-state index is 13.2. The Hall–Kier alpha value is -2.32. The minimum Gasteiger partial charge on any atom is -0.458 e. The Morgan fingerprint density at radius 3 is 2.53 bits per heavy atom. The number of benzene rings is 1. The van der Waals surface area contributed by atoms with Crippen molar-refractivity contribution in [1.82, 2.24) is 0 Å². The summed E-state index contributed by atoms with van der Waals surface area (Å²) < 4.78 is 6.28. The van der Waals surface area contributed by atoms with Crippen molar-refractivity contribution in [3.63, 3.8) is 0 Å². The van der Waals surface area contributed by atoms with Gasteiger partial charge in [-0.1, -0.05) is 63.3 Å². The van der Waals surface area contributed by atoms with E-state index in [2.05, 4.69) is 0 Å². The van der Waals surface area contributed by atoms with Gasteiger partial charge < -0.3 is 25.8 Å². The molecule has 1 aromatic rings. The van der Waals surface area contributed by atoms with Crippen molar-refractivity contribution < 1.29 is 29.6 Å². The second-order valence-electron chi connectivity index (χ2n) is 12.8. The molecule has 8 atom stereocenters. The molecule has 0 unspecified atom stereocenters. The molecule has 7 nitrogen and oxygen atoms in total. The number of hydrogen-bond acceptors (Lipinski definition) is 7. The van der Waals surface area contributed by atoms with Gasteiger partial charge in [0.15, 0.2) is 5.78 Å². The molecule has 4 aliphatic rings. The van der Waals surface area contributed by atoms with Gasteiger partial charge in [0.1, 0.15) is 11.2 Å². The Kier molecular flexibility index (Phi) is 6.54. The molecule has 5 rings (SSSR count). The van der Waals surface area contributed by atoms with Gasteiger partial charge in [-0.05, 0) is 48.8 Å². The van der Waals surface area contributed by atoms with E-state index in [1.807, 2.05) is 57.2 Å². The number of nitrogens with two attached hydrogens (primary N) is 1. The normalized spacial score (nSPS) is 39.6. The van der Waals surface area contributed by atoms with Crippen molar-refractivity contribution in [3.8, 4) is 0 Å². The van der Waals surface area contributed by atoms with Crippen LogP contribution in [-0.2, 0) is 20.7 Å². The van der Waals surface area contributed by atoms with Crippen LogP contribution < -0.4 is 5.73 Å². The Morgan fingerprint density at radius 2 is 1.87 bits per heavy atom. The number of hydrogen-bond donors (Lipinski definition) is 4. The molecule has 0 spiro atoms. The first-order chi connectivity index (χ1) is 17.8. The summed E-state index contributed by atoms with van der Waals surface area (Å²) in [5.74, 6) is -2.66. The van der Waals surface area contributed by atoms with E-state index in [1.165, 1.54) is 5.56 Å². The maximum Gasteiger partial charge on any atom is 0.307 e. The van der Waals surface area contributed by atoms with Gasteiger partial charge in [-0.3, -0.25) is 9.59 Å². The summed E-state index contributed by atoms with van der Waals surface area (Å²) in [4.78, 5) is 26.2. The number of ketones is 1. The van der Waals surface area contributed by atoms with Gasteiger partial charge in [-0.2, -0.15) is 0 Å². The minimum atomic E-state index is -1.79. The second-order valence-corrected chi connectivity index (χ2v) is 12.8. The van der Waals surface area contributed by atoms with E-state index in [1.54, 1.807) is 13.0 Å². The molecule has 0 aliphatic heterocycles. The molecule has 0 bridgehead atoms. The Morgan fingerprint density at radius 1 is 1.18 bits per heavy atom. The van der Waals surface area contributed by atoms with E-state index in [0.717, 1.165) is 6.42 Å². The van der Waals surface area contributed by atoms with Gasteiger partial charge >= 0.3 is 5.97 Å². The molecule has 7 heteroatoms. The summed E-state index contributed by atoms with van der Waals surface area (Å²) >= 11 is 0. The molecular formula is C31H41NO6. The average molecular weight is 524 g/mol. The highest BCUT2D eigenvalue weighted by molar-refractivity contribution is 6.04. The molecule has 38 heavy (non-hydrogen) atoms. The van der Waals surface area contributed by atoms with Crippen molar-refractivity contribution in [1.29, 1.82) is 0 Å². The van der Waals surface area contributed by atoms with Crippen molar-refractivity contribution in [2.24, 2.45) is 34.8 Å². The summed E-state index contributed by atoms with van der Waals surface area (Å²) in [6.07, 6.45) is 5.50. The van der Waals surface area contributed by atoms with E-state index in [-0.39, 0.29) is 43.3 Å². The van der Waals surface area contributed by atoms with Crippen molar-refractivity contribution in [2.45, 2.75) is 82.6 Å². The minimum absolute atomic E-state index is 0.0252. The fourth-order valence-electron chi connectivity index (χ4n) is 8.16. The lowest BCUT2D eigenvalue weighted by molar-refractivity contribution is -0.187. The summed E-state index contributed by atoms with van der Waals surface area (Å²) in [6.45, 7) is 7.34. The first-order valence-corrected chi connectivity index (χ1v) is 13.8. The third-order valence-corrected chi connectivity index (χ3v) is 10.2. The maximum atomic E-state index is 13.2. The topological polar surface area (TPSA) is 130 Å². The van der Waals surface area contributed by atoms with Crippen LogP contribution >= 0.6 is 0 Å². The van der Waals surface area contributed by atoms with Gasteiger partial charge in [0.25, 0.3) is 0 Å². The number of esters is 1. The second kappa shape index (κ2) is 9.12. The number of ether oxygens (including phenoxy) is 1. The molecule has 0 heterocycles. The molecule has 5 N–H and O–H groups in total. The molecule has 0 saturated heterocycles. The summed E-state index contributed by atoms with van der Waals surface area (Å²) in [6, 6.07) is 9.70. The predicted molar refractivity (Wildman–Crippen MR) is 143 cm³/mol. The Bertz CT molecular complexity index is 1190. The lowest BCUT2D eigenvalue weighted by Crippen LogP contribution is -2.61. The highest BCUT2D eigenvalue weighted by Crippen LogP contribution is 2.76. The molecule has 1 aromatic carbocycles. The highest BCUT2D eigenvalue weighted by atomic mass is 16.6. The molecular weight excluding hydrogens is 482 g/mol. The summed E-state index contributed by atoms with van der Waals surface area (Å²) in [7, 11) is 0. The van der Waals surface area contributed by atoms with Crippen LogP contribution in [0.15, 0.2) is 53.6 Å². The number of carbonyl (C=O) groups is 2. The Balaban J connectivity index is 1.39. The lowest BCUT2D eigenvalue weighted by Gasteiger charge is -2.50. The number of aryl methyl sites for hydroxylation is 1. The third-order valence-electron chi connectivity index (χ3n) is 10.2. The van der Waals surface area contributed by atoms with Crippen molar-refractivity contribution in [3.05, 3.63) is 59.2 Å². The number of Topliss-reactive ketones (excluding diaryl/α,β-unsaturated/α-hetero) is 1. The van der Waals surface area contributed by atoms with Crippen LogP contribution in [0, 0.1) is 29.1 Å². The monoisotopic (exact) mass is 523 g/mol. The lowest BCUT2D eigenvalue weighted by atomic mass is 9.60. The first-order valence-electron chi connectivity index (χ1n) is 13.8. The number of aliphatic hydroxyl groups is 3. The number of aliphatic hydroxyl groups excluding tert-OH is 1. The fourth-order valence-corrected chi connectivity index (χ4v) is 8.16. The van der Waals surface area contributed by atoms with Gasteiger partial charge in [0, 0.05) is 35.6 Å². The standard InChI is InChI=1S/C31H41NO6/c1-18-12-24-29(36,27(18)35)16-21(17-33)13-23-26-28(3,4)30(26,15-19(2)31(23,24)37)38-25(34)14-22(32)11-10-20-8-6-5-7-9-20/h5-9,12-13,19,22-24,26,33,36-37H,10-11,14-17,32H2,1-4H3/t19-,22+,23+,24-,26-,29-,30+,31-/m1/s1. The zero-order valence-corrected chi connectivity index (χ0v) is 22.8. The van der Waals surface area contributed by atoms with Crippen LogP contribution in [-0.4, -0.2) is 56.5 Å². The van der Waals surface area contributed by atoms with Gasteiger partial charge in [0.2, 0.25) is 0 Å². The first kappa shape index (κ1) is 27.3. The molecule has 0 radical (unpaired) electrons. The van der Waals surface area contributed by atoms with Crippen LogP contribution in [0.25, 0.3) is 0 Å². The van der Waals surface area contributed by atoms with Gasteiger partial charge in [0.05, 0.1) is 18.6 Å². The molecule has 2 fully saturated rings. The smallest absolute Gasteiger partial charge is 0.307 e. The van der Waals surface area contributed by atoms with Crippen LogP contribution in [0.3, 0.4) is 0 Å². The molecule has 4 aliphatic carbocycles. The number of carbonyl (C=O) groups excluding carboxylic acids is 2. The average Bonchev–Trinajstić information content (AvgIpc) is 3.27. The van der Waals surface area contributed by atoms with E-state index in [4.69, 9.17) is 10.5 Å². The van der Waals surface area contributed by atoms with Crippen LogP contribution in [0.4, 0.5) is 0 Å². The van der Waals surface area contributed by atoms with Gasteiger partial charge in [-0.15, -0.1) is 0 Å². The fraction of sp³-hybridized carbons (Fsp3) is 0.613. The van der Waals surface area contributed by atoms with Crippen LogP contribution in [0.5, 0.6) is 0 Å². The predicted octanol–water partition coefficient (Wildman–Crippen LogP) is 2.86. The number of rotatable bonds is 7. The summed E-state index contributed by atoms with van der Waals surface area (Å²) in [5, 5.41) is 34.1. The molecule has 0 aromatic heterocycles. The van der Waals surface area contributed by atoms with Gasteiger partial charge in [-0.25, -0.2) is 0 Å². The van der Waals surface area contributed by atoms with E-state index >= 15 is 0 Å². The van der Waals surface area contributed by atoms with E-state index in [0.29, 0.717) is 24.0 Å². The SMILES string of the molecule is CC1=C[C@H]2[C@@]3(O)[C@H](C)C[C@]4(OC(=O)C[C@@H](N)CCc5ccccc5)[C@H]([C@@H]3C=C(CO)C[C@]2(O)C1=O)C4(C)C. The van der Waals surface area contributed by atoms with Crippen molar-refractivity contribution >= 4 is 11.8 Å².